The van der Waals surface area contributed by atoms with Crippen LogP contribution in [0.2, 0.25) is 0 Å². The Bertz CT molecular complexity index is 1300. The van der Waals surface area contributed by atoms with Crippen molar-refractivity contribution in [2.75, 3.05) is 10.6 Å². The van der Waals surface area contributed by atoms with E-state index < -0.39 is 12.4 Å². The first-order valence-electron chi connectivity index (χ1n) is 10.2. The van der Waals surface area contributed by atoms with Gasteiger partial charge in [-0.25, -0.2) is 9.48 Å². The van der Waals surface area contributed by atoms with Crippen molar-refractivity contribution in [3.05, 3.63) is 78.1 Å². The summed E-state index contributed by atoms with van der Waals surface area (Å²) in [6, 6.07) is 16.1. The summed E-state index contributed by atoms with van der Waals surface area (Å²) in [5, 5.41) is 17.7. The van der Waals surface area contributed by atoms with Gasteiger partial charge in [0.2, 0.25) is 5.88 Å². The molecule has 2 N–H and O–H groups in total. The van der Waals surface area contributed by atoms with Gasteiger partial charge in [0, 0.05) is 23.1 Å². The van der Waals surface area contributed by atoms with E-state index in [0.29, 0.717) is 22.9 Å². The summed E-state index contributed by atoms with van der Waals surface area (Å²) in [4.78, 5) is 12.2. The first kappa shape index (κ1) is 23.5. The van der Waals surface area contributed by atoms with Gasteiger partial charge < -0.3 is 20.1 Å². The van der Waals surface area contributed by atoms with Gasteiger partial charge in [-0.05, 0) is 74.5 Å². The number of nitrogens with zero attached hydrogens (tertiary/aromatic N) is 4. The van der Waals surface area contributed by atoms with Crippen molar-refractivity contribution >= 4 is 17.4 Å². The van der Waals surface area contributed by atoms with E-state index in [1.807, 2.05) is 19.9 Å². The van der Waals surface area contributed by atoms with E-state index in [-0.39, 0.29) is 11.6 Å². The maximum absolute atomic E-state index is 12.2. The first-order chi connectivity index (χ1) is 16.6. The Hall–Kier alpha value is -4.61. The lowest BCUT2D eigenvalue weighted by Crippen LogP contribution is -2.19. The first-order valence-corrected chi connectivity index (χ1v) is 10.2. The van der Waals surface area contributed by atoms with Crippen molar-refractivity contribution in [1.82, 2.24) is 20.0 Å². The highest BCUT2D eigenvalue weighted by atomic mass is 19.4. The van der Waals surface area contributed by atoms with Crippen LogP contribution in [0.25, 0.3) is 5.82 Å². The van der Waals surface area contributed by atoms with E-state index in [1.54, 1.807) is 41.1 Å². The SMILES string of the molecule is Cc1cc(C)n(-c2ccc(Oc3ccc(NC(=O)Nc4ccc(OC(F)(F)F)cc4)cc3)nn2)n1. The number of anilines is 2. The number of urea groups is 1. The van der Waals surface area contributed by atoms with Gasteiger partial charge in [-0.3, -0.25) is 0 Å². The fraction of sp³-hybridized carbons (Fsp3) is 0.130. The Balaban J connectivity index is 1.31. The number of nitrogens with one attached hydrogen (secondary N) is 2. The molecule has 2 aromatic carbocycles. The molecule has 0 bridgehead atoms. The molecule has 0 atom stereocenters. The highest BCUT2D eigenvalue weighted by Gasteiger charge is 2.30. The second kappa shape index (κ2) is 9.71. The van der Waals surface area contributed by atoms with Crippen LogP contribution in [0.1, 0.15) is 11.4 Å². The summed E-state index contributed by atoms with van der Waals surface area (Å²) in [6.07, 6.45) is -4.78. The van der Waals surface area contributed by atoms with Crippen molar-refractivity contribution < 1.29 is 27.4 Å². The molecule has 0 aliphatic carbocycles. The number of benzene rings is 2. The van der Waals surface area contributed by atoms with Gasteiger partial charge in [0.25, 0.3) is 0 Å². The zero-order valence-corrected chi connectivity index (χ0v) is 18.5. The molecular formula is C23H19F3N6O3. The molecule has 35 heavy (non-hydrogen) atoms. The smallest absolute Gasteiger partial charge is 0.438 e. The number of aromatic nitrogens is 4. The summed E-state index contributed by atoms with van der Waals surface area (Å²) in [7, 11) is 0. The average Bonchev–Trinajstić information content (AvgIpc) is 3.14. The minimum absolute atomic E-state index is 0.284. The molecule has 0 fully saturated rings. The van der Waals surface area contributed by atoms with Crippen LogP contribution in [-0.4, -0.2) is 32.4 Å². The molecule has 0 radical (unpaired) electrons. The van der Waals surface area contributed by atoms with Gasteiger partial charge >= 0.3 is 12.4 Å². The number of ether oxygens (including phenoxy) is 2. The lowest BCUT2D eigenvalue weighted by molar-refractivity contribution is -0.274. The molecule has 0 unspecified atom stereocenters. The molecule has 2 heterocycles. The van der Waals surface area contributed by atoms with Crippen molar-refractivity contribution in [2.24, 2.45) is 0 Å². The third-order valence-electron chi connectivity index (χ3n) is 4.53. The molecule has 0 saturated carbocycles. The summed E-state index contributed by atoms with van der Waals surface area (Å²) in [5.41, 5.74) is 2.57. The van der Waals surface area contributed by atoms with Gasteiger partial charge in [-0.2, -0.15) is 5.10 Å². The number of hydrogen-bond acceptors (Lipinski definition) is 6. The third-order valence-corrected chi connectivity index (χ3v) is 4.53. The Morgan fingerprint density at radius 1 is 0.857 bits per heavy atom. The number of aryl methyl sites for hydroxylation is 2. The highest BCUT2D eigenvalue weighted by molar-refractivity contribution is 5.99. The predicted molar refractivity (Wildman–Crippen MR) is 121 cm³/mol. The van der Waals surface area contributed by atoms with Crippen molar-refractivity contribution in [2.45, 2.75) is 20.2 Å². The molecule has 4 rings (SSSR count). The van der Waals surface area contributed by atoms with Crippen LogP contribution in [-0.2, 0) is 0 Å². The number of amides is 2. The van der Waals surface area contributed by atoms with E-state index in [9.17, 15) is 18.0 Å². The zero-order chi connectivity index (χ0) is 25.0. The van der Waals surface area contributed by atoms with E-state index >= 15 is 0 Å². The molecule has 0 spiro atoms. The summed E-state index contributed by atoms with van der Waals surface area (Å²) in [5.74, 6) is 0.942. The summed E-state index contributed by atoms with van der Waals surface area (Å²) in [6.45, 7) is 3.82. The second-order valence-electron chi connectivity index (χ2n) is 7.35. The van der Waals surface area contributed by atoms with E-state index in [4.69, 9.17) is 4.74 Å². The molecule has 0 saturated heterocycles. The molecule has 9 nitrogen and oxygen atoms in total. The van der Waals surface area contributed by atoms with Crippen LogP contribution in [0.4, 0.5) is 29.3 Å². The molecule has 12 heteroatoms. The molecule has 2 aromatic heterocycles. The second-order valence-corrected chi connectivity index (χ2v) is 7.35. The van der Waals surface area contributed by atoms with Crippen LogP contribution < -0.4 is 20.1 Å². The largest absolute Gasteiger partial charge is 0.573 e. The van der Waals surface area contributed by atoms with Gasteiger partial charge in [0.05, 0.1) is 5.69 Å². The molecular weight excluding hydrogens is 465 g/mol. The fourth-order valence-electron chi connectivity index (χ4n) is 3.10. The maximum atomic E-state index is 12.2. The van der Waals surface area contributed by atoms with Crippen LogP contribution >= 0.6 is 0 Å². The minimum Gasteiger partial charge on any atom is -0.438 e. The van der Waals surface area contributed by atoms with Crippen molar-refractivity contribution in [1.29, 1.82) is 0 Å². The number of halogens is 3. The van der Waals surface area contributed by atoms with E-state index in [2.05, 4.69) is 30.7 Å². The number of alkyl halides is 3. The normalized spacial score (nSPS) is 11.1. The summed E-state index contributed by atoms with van der Waals surface area (Å²) < 4.78 is 47.8. The molecule has 0 aliphatic heterocycles. The quantitative estimate of drug-likeness (QED) is 0.369. The number of rotatable bonds is 6. The van der Waals surface area contributed by atoms with Crippen molar-refractivity contribution in [3.8, 4) is 23.2 Å². The van der Waals surface area contributed by atoms with Gasteiger partial charge in [0.1, 0.15) is 11.5 Å². The Labute approximate surface area is 197 Å². The van der Waals surface area contributed by atoms with E-state index in [1.165, 1.54) is 12.1 Å². The fourth-order valence-corrected chi connectivity index (χ4v) is 3.10. The minimum atomic E-state index is -4.78. The Morgan fingerprint density at radius 2 is 1.46 bits per heavy atom. The molecule has 4 aromatic rings. The maximum Gasteiger partial charge on any atom is 0.573 e. The lowest BCUT2D eigenvalue weighted by atomic mass is 10.3. The monoisotopic (exact) mass is 484 g/mol. The van der Waals surface area contributed by atoms with Gasteiger partial charge in [0.15, 0.2) is 5.82 Å². The van der Waals surface area contributed by atoms with Crippen LogP contribution in [0.15, 0.2) is 66.7 Å². The molecule has 0 aliphatic rings. The number of hydrogen-bond donors (Lipinski definition) is 2. The highest BCUT2D eigenvalue weighted by Crippen LogP contribution is 2.25. The zero-order valence-electron chi connectivity index (χ0n) is 18.5. The third kappa shape index (κ3) is 6.47. The van der Waals surface area contributed by atoms with Crippen LogP contribution in [0.3, 0.4) is 0 Å². The topological polar surface area (TPSA) is 103 Å². The lowest BCUT2D eigenvalue weighted by Gasteiger charge is -2.11. The Morgan fingerprint density at radius 3 is 1.94 bits per heavy atom. The standard InChI is InChI=1S/C23H19F3N6O3/c1-14-13-15(2)32(31-14)20-11-12-21(30-29-20)34-18-7-3-16(4-8-18)27-22(33)28-17-5-9-19(10-6-17)35-23(24,25)26/h3-13H,1-2H3,(H2,27,28,33). The van der Waals surface area contributed by atoms with Crippen LogP contribution in [0.5, 0.6) is 17.4 Å². The van der Waals surface area contributed by atoms with E-state index in [0.717, 1.165) is 23.5 Å². The van der Waals surface area contributed by atoms with Gasteiger partial charge in [-0.1, -0.05) is 0 Å². The van der Waals surface area contributed by atoms with Crippen LogP contribution in [0, 0.1) is 13.8 Å². The summed E-state index contributed by atoms with van der Waals surface area (Å²) >= 11 is 0. The predicted octanol–water partition coefficient (Wildman–Crippen LogP) is 5.61. The number of carbonyl (C=O) groups is 1. The molecule has 180 valence electrons. The Kier molecular flexibility index (Phi) is 6.53. The number of carbonyl (C=O) groups excluding carboxylic acids is 1. The van der Waals surface area contributed by atoms with Gasteiger partial charge in [-0.15, -0.1) is 23.4 Å². The van der Waals surface area contributed by atoms with Crippen molar-refractivity contribution in [3.63, 3.8) is 0 Å². The molecule has 2 amide bonds. The average molecular weight is 484 g/mol.